The van der Waals surface area contributed by atoms with Gasteiger partial charge in [0.15, 0.2) is 0 Å². The van der Waals surface area contributed by atoms with Gasteiger partial charge in [-0.15, -0.1) is 0 Å². The van der Waals surface area contributed by atoms with Crippen LogP contribution in [0.25, 0.3) is 0 Å². The van der Waals surface area contributed by atoms with Gasteiger partial charge in [-0.3, -0.25) is 9.59 Å². The Morgan fingerprint density at radius 3 is 1.82 bits per heavy atom. The summed E-state index contributed by atoms with van der Waals surface area (Å²) >= 11 is 0. The van der Waals surface area contributed by atoms with E-state index in [9.17, 15) is 9.59 Å². The fourth-order valence-electron chi connectivity index (χ4n) is 2.26. The maximum atomic E-state index is 11.0. The summed E-state index contributed by atoms with van der Waals surface area (Å²) in [6.07, 6.45) is 3.98. The number of hydrogen-bond donors (Lipinski definition) is 0. The molecule has 0 unspecified atom stereocenters. The normalized spacial score (nSPS) is 50.5. The van der Waals surface area contributed by atoms with Crippen molar-refractivity contribution in [1.82, 2.24) is 0 Å². The molecule has 0 bridgehead atoms. The summed E-state index contributed by atoms with van der Waals surface area (Å²) in [5, 5.41) is 0. The van der Waals surface area contributed by atoms with Crippen LogP contribution < -0.4 is 0 Å². The lowest BCUT2D eigenvalue weighted by molar-refractivity contribution is -0.153. The van der Waals surface area contributed by atoms with Gasteiger partial charge >= 0.3 is 11.9 Å². The molecule has 0 spiro atoms. The highest BCUT2D eigenvalue weighted by atomic mass is 16.6. The van der Waals surface area contributed by atoms with Gasteiger partial charge in [-0.05, 0) is 11.8 Å². The summed E-state index contributed by atoms with van der Waals surface area (Å²) in [7, 11) is 0. The van der Waals surface area contributed by atoms with E-state index in [4.69, 9.17) is 0 Å². The lowest BCUT2D eigenvalue weighted by atomic mass is 9.52. The first kappa shape index (κ1) is 5.52. The number of fused-ring (bicyclic) bond motifs is 4. The largest absolute Gasteiger partial charge is 0.393 e. The zero-order chi connectivity index (χ0) is 7.59. The van der Waals surface area contributed by atoms with E-state index in [0.717, 1.165) is 0 Å². The van der Waals surface area contributed by atoms with Crippen LogP contribution in [0.3, 0.4) is 0 Å². The molecule has 1 aliphatic heterocycles. The van der Waals surface area contributed by atoms with Crippen LogP contribution in [0, 0.1) is 23.7 Å². The summed E-state index contributed by atoms with van der Waals surface area (Å²) in [6, 6.07) is 0. The van der Waals surface area contributed by atoms with Crippen molar-refractivity contribution in [2.75, 3.05) is 0 Å². The molecule has 1 heterocycles. The van der Waals surface area contributed by atoms with Crippen molar-refractivity contribution in [3.05, 3.63) is 12.2 Å². The third-order valence-corrected chi connectivity index (χ3v) is 2.96. The van der Waals surface area contributed by atoms with Crippen molar-refractivity contribution in [3.63, 3.8) is 0 Å². The molecule has 3 aliphatic rings. The van der Waals surface area contributed by atoms with Crippen molar-refractivity contribution < 1.29 is 14.3 Å². The van der Waals surface area contributed by atoms with Crippen molar-refractivity contribution in [2.24, 2.45) is 23.7 Å². The predicted octanol–water partition coefficient (Wildman–Crippen LogP) is 0.118. The number of allylic oxidation sites excluding steroid dienone is 2. The van der Waals surface area contributed by atoms with Crippen molar-refractivity contribution in [2.45, 2.75) is 0 Å². The Hall–Kier alpha value is -1.12. The van der Waals surface area contributed by atoms with E-state index in [2.05, 4.69) is 4.74 Å². The van der Waals surface area contributed by atoms with Crippen LogP contribution in [0.5, 0.6) is 0 Å². The van der Waals surface area contributed by atoms with Crippen molar-refractivity contribution in [1.29, 1.82) is 0 Å². The van der Waals surface area contributed by atoms with E-state index in [1.165, 1.54) is 0 Å². The molecule has 11 heavy (non-hydrogen) atoms. The minimum absolute atomic E-state index is 0.127. The van der Waals surface area contributed by atoms with Crippen LogP contribution in [0.2, 0.25) is 0 Å². The van der Waals surface area contributed by atoms with E-state index in [0.29, 0.717) is 11.8 Å². The fourth-order valence-corrected chi connectivity index (χ4v) is 2.26. The highest BCUT2D eigenvalue weighted by Crippen LogP contribution is 2.56. The number of carbonyl (C=O) groups is 2. The van der Waals surface area contributed by atoms with Gasteiger partial charge in [-0.25, -0.2) is 0 Å². The van der Waals surface area contributed by atoms with E-state index in [-0.39, 0.29) is 23.8 Å². The lowest BCUT2D eigenvalue weighted by Gasteiger charge is -2.46. The van der Waals surface area contributed by atoms with E-state index >= 15 is 0 Å². The Kier molecular flexibility index (Phi) is 0.700. The predicted molar refractivity (Wildman–Crippen MR) is 34.2 cm³/mol. The molecule has 2 aliphatic carbocycles. The van der Waals surface area contributed by atoms with Gasteiger partial charge in [0.1, 0.15) is 0 Å². The quantitative estimate of drug-likeness (QED) is 0.280. The van der Waals surface area contributed by atoms with Gasteiger partial charge in [0.25, 0.3) is 0 Å². The van der Waals surface area contributed by atoms with Gasteiger partial charge in [0.05, 0.1) is 11.8 Å². The number of ether oxygens (including phenoxy) is 1. The molecule has 1 saturated heterocycles. The van der Waals surface area contributed by atoms with Crippen LogP contribution in [0.1, 0.15) is 0 Å². The Morgan fingerprint density at radius 2 is 1.45 bits per heavy atom. The maximum absolute atomic E-state index is 11.0. The average Bonchev–Trinajstić information content (AvgIpc) is 2.11. The first-order valence-electron chi connectivity index (χ1n) is 3.73. The minimum atomic E-state index is -0.314. The lowest BCUT2D eigenvalue weighted by Crippen LogP contribution is -2.50. The van der Waals surface area contributed by atoms with Crippen molar-refractivity contribution >= 4 is 11.9 Å². The Bertz CT molecular complexity index is 264. The second-order valence-electron chi connectivity index (χ2n) is 3.33. The molecule has 1 saturated carbocycles. The Balaban J connectivity index is 2.03. The van der Waals surface area contributed by atoms with Gasteiger partial charge in [0.2, 0.25) is 0 Å². The summed E-state index contributed by atoms with van der Waals surface area (Å²) in [6.45, 7) is 0. The summed E-state index contributed by atoms with van der Waals surface area (Å²) < 4.78 is 4.51. The molecule has 0 radical (unpaired) electrons. The highest BCUT2D eigenvalue weighted by Gasteiger charge is 2.64. The minimum Gasteiger partial charge on any atom is -0.393 e. The number of hydrogen-bond acceptors (Lipinski definition) is 3. The second kappa shape index (κ2) is 1.40. The maximum Gasteiger partial charge on any atom is 0.318 e. The fraction of sp³-hybridized carbons (Fsp3) is 0.500. The first-order valence-corrected chi connectivity index (χ1v) is 3.73. The van der Waals surface area contributed by atoms with Crippen LogP contribution in [-0.4, -0.2) is 11.9 Å². The van der Waals surface area contributed by atoms with E-state index in [1.54, 1.807) is 0 Å². The number of rotatable bonds is 0. The summed E-state index contributed by atoms with van der Waals surface area (Å²) in [5.41, 5.74) is 0. The molecule has 0 aromatic heterocycles. The molecular weight excluding hydrogens is 144 g/mol. The van der Waals surface area contributed by atoms with E-state index in [1.807, 2.05) is 12.2 Å². The summed E-state index contributed by atoms with van der Waals surface area (Å²) in [4.78, 5) is 21.9. The number of cyclic esters (lactones) is 2. The van der Waals surface area contributed by atoms with Gasteiger partial charge in [-0.1, -0.05) is 12.2 Å². The molecule has 3 heteroatoms. The zero-order valence-corrected chi connectivity index (χ0v) is 5.69. The van der Waals surface area contributed by atoms with Crippen LogP contribution >= 0.6 is 0 Å². The zero-order valence-electron chi connectivity index (χ0n) is 5.69. The SMILES string of the molecule is O=C1OC(=O)[C@H]2[C@H]3C=C[C@H]3[C@@H]12. The molecule has 3 nitrogen and oxygen atoms in total. The third-order valence-electron chi connectivity index (χ3n) is 2.96. The van der Waals surface area contributed by atoms with Crippen LogP contribution in [0.15, 0.2) is 12.2 Å². The van der Waals surface area contributed by atoms with Gasteiger partial charge < -0.3 is 4.74 Å². The smallest absolute Gasteiger partial charge is 0.318 e. The monoisotopic (exact) mass is 150 g/mol. The molecular formula is C8H6O3. The topological polar surface area (TPSA) is 43.4 Å². The molecule has 0 N–H and O–H groups in total. The Morgan fingerprint density at radius 1 is 1.00 bits per heavy atom. The Labute approximate surface area is 63.0 Å². The molecule has 0 amide bonds. The summed E-state index contributed by atoms with van der Waals surface area (Å²) in [5.74, 6) is -0.246. The van der Waals surface area contributed by atoms with Crippen molar-refractivity contribution in [3.8, 4) is 0 Å². The number of carbonyl (C=O) groups excluding carboxylic acids is 2. The first-order chi connectivity index (χ1) is 5.29. The third kappa shape index (κ3) is 0.414. The standard InChI is InChI=1S/C8H6O3/c9-7-5-3-1-2-4(3)6(5)8(10)11-7/h1-6H/t3-,4+,5-,6+. The highest BCUT2D eigenvalue weighted by molar-refractivity contribution is 5.99. The molecule has 0 aromatic rings. The van der Waals surface area contributed by atoms with Crippen LogP contribution in [-0.2, 0) is 14.3 Å². The van der Waals surface area contributed by atoms with Gasteiger partial charge in [-0.2, -0.15) is 0 Å². The molecule has 4 atom stereocenters. The number of esters is 2. The molecule has 3 rings (SSSR count). The molecule has 56 valence electrons. The second-order valence-corrected chi connectivity index (χ2v) is 3.33. The molecule has 0 aromatic carbocycles. The van der Waals surface area contributed by atoms with E-state index < -0.39 is 0 Å². The average molecular weight is 150 g/mol. The van der Waals surface area contributed by atoms with Gasteiger partial charge in [0, 0.05) is 0 Å². The van der Waals surface area contributed by atoms with Crippen LogP contribution in [0.4, 0.5) is 0 Å². The molecule has 2 fully saturated rings.